The zero-order valence-corrected chi connectivity index (χ0v) is 13.2. The smallest absolute Gasteiger partial charge is 0.305 e. The molecule has 1 aliphatic rings. The molecule has 1 aromatic carbocycles. The van der Waals surface area contributed by atoms with Crippen LogP contribution in [-0.2, 0) is 14.4 Å². The molecule has 1 heterocycles. The summed E-state index contributed by atoms with van der Waals surface area (Å²) in [7, 11) is 0. The van der Waals surface area contributed by atoms with E-state index in [0.29, 0.717) is 17.9 Å². The van der Waals surface area contributed by atoms with E-state index >= 15 is 0 Å². The lowest BCUT2D eigenvalue weighted by molar-refractivity contribution is -0.137. The predicted octanol–water partition coefficient (Wildman–Crippen LogP) is 1.09. The van der Waals surface area contributed by atoms with Gasteiger partial charge in [0.1, 0.15) is 12.3 Å². The van der Waals surface area contributed by atoms with Crippen molar-refractivity contribution in [3.05, 3.63) is 23.8 Å². The van der Waals surface area contributed by atoms with E-state index < -0.39 is 18.0 Å². The molecule has 0 aliphatic carbocycles. The van der Waals surface area contributed by atoms with Crippen LogP contribution in [0.25, 0.3) is 0 Å². The summed E-state index contributed by atoms with van der Waals surface area (Å²) in [4.78, 5) is 36.3. The number of anilines is 1. The maximum Gasteiger partial charge on any atom is 0.305 e. The standard InChI is InChI=1S/C16H20N2O5/c1-3-12-16(22)18(9-14(19)17-7-6-15(20)21)11-8-10(2)4-5-13(11)23-12/h4-5,8,12H,3,6-7,9H2,1-2H3,(H,17,19)(H,20,21). The zero-order valence-electron chi connectivity index (χ0n) is 13.2. The predicted molar refractivity (Wildman–Crippen MR) is 83.5 cm³/mol. The van der Waals surface area contributed by atoms with E-state index in [1.54, 1.807) is 12.1 Å². The average Bonchev–Trinajstić information content (AvgIpc) is 2.49. The summed E-state index contributed by atoms with van der Waals surface area (Å²) in [6.07, 6.45) is -0.267. The Morgan fingerprint density at radius 1 is 1.39 bits per heavy atom. The highest BCUT2D eigenvalue weighted by Crippen LogP contribution is 2.35. The SMILES string of the molecule is CCC1Oc2ccc(C)cc2N(CC(=O)NCCC(=O)O)C1=O. The van der Waals surface area contributed by atoms with Crippen molar-refractivity contribution in [1.82, 2.24) is 5.32 Å². The Kier molecular flexibility index (Phi) is 5.20. The van der Waals surface area contributed by atoms with Crippen LogP contribution in [0.1, 0.15) is 25.3 Å². The summed E-state index contributed by atoms with van der Waals surface area (Å²) in [5.74, 6) is -1.08. The molecule has 0 saturated heterocycles. The van der Waals surface area contributed by atoms with Crippen molar-refractivity contribution >= 4 is 23.5 Å². The van der Waals surface area contributed by atoms with Crippen molar-refractivity contribution in [2.75, 3.05) is 18.0 Å². The summed E-state index contributed by atoms with van der Waals surface area (Å²) in [6.45, 7) is 3.61. The number of hydrogen-bond acceptors (Lipinski definition) is 4. The van der Waals surface area contributed by atoms with Gasteiger partial charge in [-0.15, -0.1) is 0 Å². The van der Waals surface area contributed by atoms with Gasteiger partial charge in [0.25, 0.3) is 5.91 Å². The first-order valence-electron chi connectivity index (χ1n) is 7.49. The van der Waals surface area contributed by atoms with Gasteiger partial charge < -0.3 is 15.2 Å². The van der Waals surface area contributed by atoms with Gasteiger partial charge in [0, 0.05) is 6.54 Å². The van der Waals surface area contributed by atoms with Crippen molar-refractivity contribution in [1.29, 1.82) is 0 Å². The Labute approximate surface area is 134 Å². The molecule has 124 valence electrons. The van der Waals surface area contributed by atoms with Crippen LogP contribution in [0.15, 0.2) is 18.2 Å². The number of carboxylic acid groups (broad SMARTS) is 1. The van der Waals surface area contributed by atoms with Crippen molar-refractivity contribution in [2.45, 2.75) is 32.8 Å². The molecule has 2 amide bonds. The van der Waals surface area contributed by atoms with Crippen molar-refractivity contribution in [2.24, 2.45) is 0 Å². The van der Waals surface area contributed by atoms with Crippen molar-refractivity contribution < 1.29 is 24.2 Å². The number of rotatable bonds is 6. The fourth-order valence-electron chi connectivity index (χ4n) is 2.36. The van der Waals surface area contributed by atoms with Gasteiger partial charge in [-0.2, -0.15) is 0 Å². The third-order valence-corrected chi connectivity index (χ3v) is 3.55. The molecule has 0 aromatic heterocycles. The first-order chi connectivity index (χ1) is 10.9. The maximum atomic E-state index is 12.5. The van der Waals surface area contributed by atoms with Crippen LogP contribution in [0.3, 0.4) is 0 Å². The van der Waals surface area contributed by atoms with Crippen LogP contribution < -0.4 is 15.0 Å². The van der Waals surface area contributed by atoms with E-state index in [0.717, 1.165) is 5.56 Å². The second kappa shape index (κ2) is 7.13. The lowest BCUT2D eigenvalue weighted by Gasteiger charge is -2.33. The number of carbonyl (C=O) groups is 3. The molecular weight excluding hydrogens is 300 g/mol. The summed E-state index contributed by atoms with van der Waals surface area (Å²) in [6, 6.07) is 5.46. The molecule has 0 fully saturated rings. The van der Waals surface area contributed by atoms with E-state index in [1.165, 1.54) is 4.90 Å². The molecule has 23 heavy (non-hydrogen) atoms. The second-order valence-corrected chi connectivity index (χ2v) is 5.40. The molecule has 1 atom stereocenters. The summed E-state index contributed by atoms with van der Waals surface area (Å²) < 4.78 is 5.67. The zero-order chi connectivity index (χ0) is 17.0. The molecule has 1 aliphatic heterocycles. The summed E-state index contributed by atoms with van der Waals surface area (Å²) >= 11 is 0. The number of carboxylic acids is 1. The number of aryl methyl sites for hydroxylation is 1. The number of nitrogens with zero attached hydrogens (tertiary/aromatic N) is 1. The van der Waals surface area contributed by atoms with E-state index in [9.17, 15) is 14.4 Å². The fourth-order valence-corrected chi connectivity index (χ4v) is 2.36. The van der Waals surface area contributed by atoms with Crippen molar-refractivity contribution in [3.63, 3.8) is 0 Å². The molecule has 7 nitrogen and oxygen atoms in total. The number of nitrogens with one attached hydrogen (secondary N) is 1. The Bertz CT molecular complexity index is 629. The number of amides is 2. The van der Waals surface area contributed by atoms with E-state index in [2.05, 4.69) is 5.32 Å². The van der Waals surface area contributed by atoms with Crippen LogP contribution in [0, 0.1) is 6.92 Å². The quantitative estimate of drug-likeness (QED) is 0.818. The molecule has 0 spiro atoms. The molecule has 2 rings (SSSR count). The molecule has 0 radical (unpaired) electrons. The number of aliphatic carboxylic acids is 1. The number of carbonyl (C=O) groups excluding carboxylic acids is 2. The van der Waals surface area contributed by atoms with E-state index in [1.807, 2.05) is 19.9 Å². The Balaban J connectivity index is 2.15. The topological polar surface area (TPSA) is 95.9 Å². The molecule has 1 unspecified atom stereocenters. The summed E-state index contributed by atoms with van der Waals surface area (Å²) in [5, 5.41) is 11.1. The highest BCUT2D eigenvalue weighted by Gasteiger charge is 2.34. The molecule has 7 heteroatoms. The largest absolute Gasteiger partial charge is 0.481 e. The maximum absolute atomic E-state index is 12.5. The first-order valence-corrected chi connectivity index (χ1v) is 7.49. The van der Waals surface area contributed by atoms with Crippen molar-refractivity contribution in [3.8, 4) is 5.75 Å². The minimum absolute atomic E-state index is 0.0323. The normalized spacial score (nSPS) is 16.5. The number of benzene rings is 1. The minimum atomic E-state index is -0.986. The lowest BCUT2D eigenvalue weighted by Crippen LogP contribution is -2.49. The van der Waals surface area contributed by atoms with Crippen LogP contribution in [0.4, 0.5) is 5.69 Å². The van der Waals surface area contributed by atoms with Gasteiger partial charge in [0.05, 0.1) is 12.1 Å². The molecule has 0 saturated carbocycles. The molecule has 1 aromatic rings. The minimum Gasteiger partial charge on any atom is -0.481 e. The van der Waals surface area contributed by atoms with Crippen LogP contribution in [0.5, 0.6) is 5.75 Å². The molecule has 0 bridgehead atoms. The molecule has 2 N–H and O–H groups in total. The van der Waals surface area contributed by atoms with Gasteiger partial charge in [0.2, 0.25) is 5.91 Å². The van der Waals surface area contributed by atoms with Crippen LogP contribution in [0.2, 0.25) is 0 Å². The van der Waals surface area contributed by atoms with E-state index in [-0.39, 0.29) is 25.4 Å². The van der Waals surface area contributed by atoms with Gasteiger partial charge >= 0.3 is 5.97 Å². The lowest BCUT2D eigenvalue weighted by atomic mass is 10.1. The number of ether oxygens (including phenoxy) is 1. The Morgan fingerprint density at radius 2 is 2.13 bits per heavy atom. The Morgan fingerprint density at radius 3 is 2.78 bits per heavy atom. The first kappa shape index (κ1) is 16.8. The molecular formula is C16H20N2O5. The van der Waals surface area contributed by atoms with Gasteiger partial charge in [-0.3, -0.25) is 19.3 Å². The highest BCUT2D eigenvalue weighted by molar-refractivity contribution is 6.03. The van der Waals surface area contributed by atoms with Crippen LogP contribution in [-0.4, -0.2) is 42.1 Å². The van der Waals surface area contributed by atoms with Gasteiger partial charge in [-0.05, 0) is 31.0 Å². The Hall–Kier alpha value is -2.57. The van der Waals surface area contributed by atoms with Crippen LogP contribution >= 0.6 is 0 Å². The fraction of sp³-hybridized carbons (Fsp3) is 0.438. The van der Waals surface area contributed by atoms with Gasteiger partial charge in [0.15, 0.2) is 6.10 Å². The average molecular weight is 320 g/mol. The van der Waals surface area contributed by atoms with E-state index in [4.69, 9.17) is 9.84 Å². The highest BCUT2D eigenvalue weighted by atomic mass is 16.5. The summed E-state index contributed by atoms with van der Waals surface area (Å²) in [5.41, 5.74) is 1.51. The number of fused-ring (bicyclic) bond motifs is 1. The monoisotopic (exact) mass is 320 g/mol. The van der Waals surface area contributed by atoms with Gasteiger partial charge in [-0.25, -0.2) is 0 Å². The third kappa shape index (κ3) is 4.00. The number of hydrogen-bond donors (Lipinski definition) is 2. The second-order valence-electron chi connectivity index (χ2n) is 5.40. The van der Waals surface area contributed by atoms with Gasteiger partial charge in [-0.1, -0.05) is 13.0 Å². The third-order valence-electron chi connectivity index (χ3n) is 3.55.